The third-order valence-corrected chi connectivity index (χ3v) is 7.08. The number of hydrogen-bond donors (Lipinski definition) is 0. The number of para-hydroxylation sites is 3. The fourth-order valence-corrected chi connectivity index (χ4v) is 5.34. The third kappa shape index (κ3) is 3.15. The van der Waals surface area contributed by atoms with E-state index >= 15 is 0 Å². The number of rotatable bonds is 2. The first-order valence-electron chi connectivity index (χ1n) is 12.4. The standard InChI is InChI=1S/C33H19N3O2/c1-2-10-23-21(8-1)22-9-3-4-11-24(22)27-18-20(16-17-25(23)27)32-34-19-35-33(36-32)26-12-7-15-30-31(26)38-29-14-6-5-13-28(29)37-30/h1-19H. The molecule has 0 saturated carbocycles. The molecule has 0 radical (unpaired) electrons. The molecule has 0 spiro atoms. The van der Waals surface area contributed by atoms with E-state index < -0.39 is 0 Å². The van der Waals surface area contributed by atoms with Crippen LogP contribution in [-0.2, 0) is 0 Å². The number of benzene rings is 6. The summed E-state index contributed by atoms with van der Waals surface area (Å²) in [5.74, 6) is 3.70. The predicted octanol–water partition coefficient (Wildman–Crippen LogP) is 8.56. The van der Waals surface area contributed by atoms with Crippen molar-refractivity contribution in [1.82, 2.24) is 15.0 Å². The van der Waals surface area contributed by atoms with E-state index in [1.807, 2.05) is 42.5 Å². The molecular weight excluding hydrogens is 470 g/mol. The lowest BCUT2D eigenvalue weighted by Gasteiger charge is -2.22. The number of hydrogen-bond acceptors (Lipinski definition) is 5. The summed E-state index contributed by atoms with van der Waals surface area (Å²) < 4.78 is 12.3. The third-order valence-electron chi connectivity index (χ3n) is 7.08. The van der Waals surface area contributed by atoms with Gasteiger partial charge < -0.3 is 9.47 Å². The summed E-state index contributed by atoms with van der Waals surface area (Å²) in [5.41, 5.74) is 1.67. The average Bonchev–Trinajstić information content (AvgIpc) is 2.99. The summed E-state index contributed by atoms with van der Waals surface area (Å²) in [4.78, 5) is 13.9. The van der Waals surface area contributed by atoms with Gasteiger partial charge in [-0.05, 0) is 62.6 Å². The first kappa shape index (κ1) is 20.9. The summed E-state index contributed by atoms with van der Waals surface area (Å²) in [6, 6.07) is 36.9. The minimum atomic E-state index is 0.526. The molecule has 1 aromatic heterocycles. The molecule has 0 N–H and O–H groups in total. The van der Waals surface area contributed by atoms with Crippen LogP contribution in [0.5, 0.6) is 23.0 Å². The topological polar surface area (TPSA) is 57.1 Å². The van der Waals surface area contributed by atoms with Crippen LogP contribution in [0.1, 0.15) is 0 Å². The van der Waals surface area contributed by atoms with E-state index in [-0.39, 0.29) is 0 Å². The summed E-state index contributed by atoms with van der Waals surface area (Å²) in [6.07, 6.45) is 1.55. The quantitative estimate of drug-likeness (QED) is 0.228. The Hall–Kier alpha value is -5.29. The summed E-state index contributed by atoms with van der Waals surface area (Å²) in [7, 11) is 0. The van der Waals surface area contributed by atoms with Gasteiger partial charge in [0.1, 0.15) is 6.33 Å². The molecule has 2 heterocycles. The van der Waals surface area contributed by atoms with Gasteiger partial charge >= 0.3 is 0 Å². The Morgan fingerprint density at radius 1 is 0.447 bits per heavy atom. The van der Waals surface area contributed by atoms with Crippen molar-refractivity contribution in [1.29, 1.82) is 0 Å². The summed E-state index contributed by atoms with van der Waals surface area (Å²) in [5, 5.41) is 7.31. The number of aromatic nitrogens is 3. The number of nitrogens with zero attached hydrogens (tertiary/aromatic N) is 3. The molecule has 0 unspecified atom stereocenters. The molecular formula is C33H19N3O2. The van der Waals surface area contributed by atoms with Crippen molar-refractivity contribution in [2.75, 3.05) is 0 Å². The minimum absolute atomic E-state index is 0.526. The van der Waals surface area contributed by atoms with E-state index in [4.69, 9.17) is 14.5 Å². The van der Waals surface area contributed by atoms with Crippen LogP contribution in [0.15, 0.2) is 116 Å². The SMILES string of the molecule is c1ccc2c(c1)Oc1cccc(-c3ncnc(-c4ccc5c6ccccc6c6ccccc6c5c4)n3)c1O2. The molecule has 38 heavy (non-hydrogen) atoms. The zero-order valence-electron chi connectivity index (χ0n) is 20.1. The first-order valence-corrected chi connectivity index (χ1v) is 12.4. The van der Waals surface area contributed by atoms with Gasteiger partial charge in [-0.15, -0.1) is 0 Å². The second-order valence-electron chi connectivity index (χ2n) is 9.27. The van der Waals surface area contributed by atoms with Gasteiger partial charge in [0, 0.05) is 5.56 Å². The molecule has 5 heteroatoms. The Balaban J connectivity index is 1.28. The van der Waals surface area contributed by atoms with Gasteiger partial charge in [-0.2, -0.15) is 0 Å². The summed E-state index contributed by atoms with van der Waals surface area (Å²) >= 11 is 0. The lowest BCUT2D eigenvalue weighted by molar-refractivity contribution is 0.360. The maximum Gasteiger partial charge on any atom is 0.181 e. The molecule has 8 rings (SSSR count). The highest BCUT2D eigenvalue weighted by atomic mass is 16.6. The van der Waals surface area contributed by atoms with Crippen LogP contribution in [-0.4, -0.2) is 15.0 Å². The molecule has 0 fully saturated rings. The molecule has 0 amide bonds. The van der Waals surface area contributed by atoms with Crippen molar-refractivity contribution in [3.8, 4) is 45.8 Å². The molecule has 0 atom stereocenters. The van der Waals surface area contributed by atoms with Crippen LogP contribution in [0, 0.1) is 0 Å². The van der Waals surface area contributed by atoms with Gasteiger partial charge in [-0.3, -0.25) is 0 Å². The van der Waals surface area contributed by atoms with E-state index in [1.165, 1.54) is 32.3 Å². The minimum Gasteiger partial charge on any atom is -0.449 e. The first-order chi connectivity index (χ1) is 18.8. The Morgan fingerprint density at radius 3 is 1.76 bits per heavy atom. The Kier molecular flexibility index (Phi) is 4.45. The second-order valence-corrected chi connectivity index (χ2v) is 9.27. The lowest BCUT2D eigenvalue weighted by Crippen LogP contribution is -2.02. The van der Waals surface area contributed by atoms with Crippen molar-refractivity contribution >= 4 is 32.3 Å². The van der Waals surface area contributed by atoms with E-state index in [1.54, 1.807) is 6.33 Å². The van der Waals surface area contributed by atoms with Crippen molar-refractivity contribution < 1.29 is 9.47 Å². The average molecular weight is 490 g/mol. The Labute approximate surface area is 218 Å². The van der Waals surface area contributed by atoms with Gasteiger partial charge in [0.15, 0.2) is 34.6 Å². The van der Waals surface area contributed by atoms with Gasteiger partial charge in [-0.25, -0.2) is 15.0 Å². The van der Waals surface area contributed by atoms with Crippen LogP contribution in [0.25, 0.3) is 55.1 Å². The highest BCUT2D eigenvalue weighted by molar-refractivity contribution is 6.25. The van der Waals surface area contributed by atoms with Crippen LogP contribution in [0.4, 0.5) is 0 Å². The fraction of sp³-hybridized carbons (Fsp3) is 0. The van der Waals surface area contributed by atoms with Gasteiger partial charge in [0.2, 0.25) is 0 Å². The van der Waals surface area contributed by atoms with Crippen molar-refractivity contribution in [3.05, 3.63) is 116 Å². The largest absolute Gasteiger partial charge is 0.449 e. The normalized spacial score (nSPS) is 12.1. The van der Waals surface area contributed by atoms with Crippen molar-refractivity contribution in [2.45, 2.75) is 0 Å². The maximum absolute atomic E-state index is 6.23. The Morgan fingerprint density at radius 2 is 1.03 bits per heavy atom. The zero-order valence-corrected chi connectivity index (χ0v) is 20.1. The second kappa shape index (κ2) is 8.11. The smallest absolute Gasteiger partial charge is 0.181 e. The number of ether oxygens (including phenoxy) is 2. The lowest BCUT2D eigenvalue weighted by atomic mass is 9.93. The van der Waals surface area contributed by atoms with Gasteiger partial charge in [0.05, 0.1) is 5.56 Å². The number of fused-ring (bicyclic) bond motifs is 8. The van der Waals surface area contributed by atoms with Crippen LogP contribution in [0.2, 0.25) is 0 Å². The fourth-order valence-electron chi connectivity index (χ4n) is 5.34. The molecule has 6 aromatic carbocycles. The molecule has 7 aromatic rings. The molecule has 0 bridgehead atoms. The molecule has 1 aliphatic heterocycles. The van der Waals surface area contributed by atoms with E-state index in [2.05, 4.69) is 76.7 Å². The van der Waals surface area contributed by atoms with E-state index in [9.17, 15) is 0 Å². The molecule has 0 saturated heterocycles. The highest BCUT2D eigenvalue weighted by Crippen LogP contribution is 2.49. The molecule has 0 aliphatic carbocycles. The van der Waals surface area contributed by atoms with Gasteiger partial charge in [-0.1, -0.05) is 78.9 Å². The summed E-state index contributed by atoms with van der Waals surface area (Å²) in [6.45, 7) is 0. The van der Waals surface area contributed by atoms with Crippen molar-refractivity contribution in [3.63, 3.8) is 0 Å². The van der Waals surface area contributed by atoms with Crippen LogP contribution >= 0.6 is 0 Å². The van der Waals surface area contributed by atoms with Gasteiger partial charge in [0.25, 0.3) is 0 Å². The van der Waals surface area contributed by atoms with Crippen LogP contribution in [0.3, 0.4) is 0 Å². The predicted molar refractivity (Wildman–Crippen MR) is 150 cm³/mol. The zero-order chi connectivity index (χ0) is 25.1. The monoisotopic (exact) mass is 489 g/mol. The highest BCUT2D eigenvalue weighted by Gasteiger charge is 2.23. The maximum atomic E-state index is 6.23. The van der Waals surface area contributed by atoms with E-state index in [0.29, 0.717) is 34.6 Å². The Bertz CT molecular complexity index is 2020. The molecule has 5 nitrogen and oxygen atoms in total. The van der Waals surface area contributed by atoms with Crippen LogP contribution < -0.4 is 9.47 Å². The van der Waals surface area contributed by atoms with E-state index in [0.717, 1.165) is 11.1 Å². The van der Waals surface area contributed by atoms with Crippen molar-refractivity contribution in [2.24, 2.45) is 0 Å². The molecule has 178 valence electrons. The molecule has 1 aliphatic rings.